The van der Waals surface area contributed by atoms with Gasteiger partial charge in [0.15, 0.2) is 9.84 Å². The summed E-state index contributed by atoms with van der Waals surface area (Å²) in [6.07, 6.45) is 5.87. The third-order valence-electron chi connectivity index (χ3n) is 4.21. The minimum atomic E-state index is -3.42. The molecule has 1 fully saturated rings. The van der Waals surface area contributed by atoms with Crippen LogP contribution in [-0.4, -0.2) is 25.2 Å². The summed E-state index contributed by atoms with van der Waals surface area (Å²) in [5.41, 5.74) is 0.741. The Hall–Kier alpha value is -1.36. The summed E-state index contributed by atoms with van der Waals surface area (Å²) in [6, 6.07) is 4.41. The van der Waals surface area contributed by atoms with Crippen molar-refractivity contribution in [3.63, 3.8) is 0 Å². The van der Waals surface area contributed by atoms with Gasteiger partial charge < -0.3 is 5.11 Å². The van der Waals surface area contributed by atoms with Crippen molar-refractivity contribution >= 4 is 15.8 Å². The molecule has 116 valence electrons. The van der Waals surface area contributed by atoms with Gasteiger partial charge in [0.05, 0.1) is 16.2 Å². The number of aromatic carboxylic acids is 1. The van der Waals surface area contributed by atoms with Crippen molar-refractivity contribution in [2.45, 2.75) is 50.3 Å². The molecule has 1 aliphatic rings. The van der Waals surface area contributed by atoms with Gasteiger partial charge in [0.1, 0.15) is 0 Å². The van der Waals surface area contributed by atoms with E-state index in [4.69, 9.17) is 5.11 Å². The fraction of sp³-hybridized carbons (Fsp3) is 0.562. The largest absolute Gasteiger partial charge is 0.478 e. The highest BCUT2D eigenvalue weighted by Crippen LogP contribution is 2.28. The lowest BCUT2D eigenvalue weighted by Crippen LogP contribution is -2.20. The van der Waals surface area contributed by atoms with E-state index in [0.717, 1.165) is 25.7 Å². The molecule has 4 nitrogen and oxygen atoms in total. The number of aryl methyl sites for hydroxylation is 1. The Kier molecular flexibility index (Phi) is 5.04. The number of sulfone groups is 1. The third-order valence-corrected chi connectivity index (χ3v) is 6.17. The van der Waals surface area contributed by atoms with Gasteiger partial charge in [0.2, 0.25) is 0 Å². The van der Waals surface area contributed by atoms with Crippen LogP contribution >= 0.6 is 0 Å². The minimum Gasteiger partial charge on any atom is -0.478 e. The number of benzene rings is 1. The van der Waals surface area contributed by atoms with E-state index in [2.05, 4.69) is 0 Å². The highest BCUT2D eigenvalue weighted by molar-refractivity contribution is 7.91. The van der Waals surface area contributed by atoms with Crippen LogP contribution in [0.15, 0.2) is 23.1 Å². The Labute approximate surface area is 126 Å². The van der Waals surface area contributed by atoms with Crippen LogP contribution in [0.3, 0.4) is 0 Å². The average molecular weight is 310 g/mol. The minimum absolute atomic E-state index is 0.0365. The lowest BCUT2D eigenvalue weighted by molar-refractivity contribution is 0.0696. The van der Waals surface area contributed by atoms with E-state index in [0.29, 0.717) is 12.0 Å². The number of carboxylic acid groups (broad SMARTS) is 1. The molecule has 1 N–H and O–H groups in total. The maximum absolute atomic E-state index is 12.7. The van der Waals surface area contributed by atoms with Crippen LogP contribution in [-0.2, 0) is 16.3 Å². The molecule has 1 saturated carbocycles. The first kappa shape index (κ1) is 16.0. The second-order valence-electron chi connectivity index (χ2n) is 5.77. The Morgan fingerprint density at radius 2 is 1.90 bits per heavy atom. The number of hydrogen-bond acceptors (Lipinski definition) is 3. The molecule has 2 rings (SSSR count). The predicted molar refractivity (Wildman–Crippen MR) is 81.4 cm³/mol. The summed E-state index contributed by atoms with van der Waals surface area (Å²) in [4.78, 5) is 11.3. The molecule has 21 heavy (non-hydrogen) atoms. The monoisotopic (exact) mass is 310 g/mol. The van der Waals surface area contributed by atoms with Crippen molar-refractivity contribution in [2.75, 3.05) is 5.75 Å². The number of hydrogen-bond donors (Lipinski definition) is 1. The summed E-state index contributed by atoms with van der Waals surface area (Å²) < 4.78 is 25.3. The van der Waals surface area contributed by atoms with Gasteiger partial charge in [0.25, 0.3) is 0 Å². The quantitative estimate of drug-likeness (QED) is 0.905. The second-order valence-corrected chi connectivity index (χ2v) is 7.77. The van der Waals surface area contributed by atoms with Gasteiger partial charge in [-0.2, -0.15) is 0 Å². The Morgan fingerprint density at radius 3 is 2.48 bits per heavy atom. The Bertz CT molecular complexity index is 613. The lowest BCUT2D eigenvalue weighted by Gasteiger charge is -2.22. The molecule has 0 heterocycles. The van der Waals surface area contributed by atoms with Crippen LogP contribution in [0.1, 0.15) is 54.9 Å². The molecule has 1 aromatic rings. The fourth-order valence-electron chi connectivity index (χ4n) is 3.02. The van der Waals surface area contributed by atoms with E-state index in [1.807, 2.05) is 6.92 Å². The van der Waals surface area contributed by atoms with Crippen LogP contribution in [0, 0.1) is 5.92 Å². The molecule has 0 amide bonds. The third kappa shape index (κ3) is 3.84. The molecule has 1 aliphatic carbocycles. The van der Waals surface area contributed by atoms with Gasteiger partial charge in [-0.1, -0.05) is 32.3 Å². The van der Waals surface area contributed by atoms with E-state index < -0.39 is 15.8 Å². The number of carbonyl (C=O) groups is 1. The van der Waals surface area contributed by atoms with Gasteiger partial charge in [-0.15, -0.1) is 0 Å². The first-order chi connectivity index (χ1) is 9.94. The maximum atomic E-state index is 12.7. The molecular formula is C16H22O4S. The second kappa shape index (κ2) is 6.60. The fourth-order valence-corrected chi connectivity index (χ4v) is 5.07. The van der Waals surface area contributed by atoms with E-state index in [9.17, 15) is 13.2 Å². The standard InChI is InChI=1S/C16H22O4S/c1-2-13-8-9-14(16(17)18)10-15(13)21(19,20)11-12-6-4-3-5-7-12/h8-10,12H,2-7,11H2,1H3,(H,17,18). The van der Waals surface area contributed by atoms with E-state index in [1.165, 1.54) is 18.6 Å². The van der Waals surface area contributed by atoms with Crippen molar-refractivity contribution in [3.05, 3.63) is 29.3 Å². The zero-order chi connectivity index (χ0) is 15.5. The van der Waals surface area contributed by atoms with Gasteiger partial charge in [-0.25, -0.2) is 13.2 Å². The molecule has 0 aliphatic heterocycles. The number of rotatable bonds is 5. The van der Waals surface area contributed by atoms with Crippen molar-refractivity contribution in [3.8, 4) is 0 Å². The molecule has 0 spiro atoms. The highest BCUT2D eigenvalue weighted by atomic mass is 32.2. The maximum Gasteiger partial charge on any atom is 0.335 e. The number of carboxylic acids is 1. The summed E-state index contributed by atoms with van der Waals surface area (Å²) in [7, 11) is -3.42. The summed E-state index contributed by atoms with van der Waals surface area (Å²) >= 11 is 0. The topological polar surface area (TPSA) is 71.4 Å². The van der Waals surface area contributed by atoms with Crippen LogP contribution in [0.5, 0.6) is 0 Å². The molecule has 0 bridgehead atoms. The molecule has 1 aromatic carbocycles. The zero-order valence-corrected chi connectivity index (χ0v) is 13.2. The SMILES string of the molecule is CCc1ccc(C(=O)O)cc1S(=O)(=O)CC1CCCCC1. The van der Waals surface area contributed by atoms with E-state index >= 15 is 0 Å². The van der Waals surface area contributed by atoms with Crippen LogP contribution in [0.4, 0.5) is 0 Å². The van der Waals surface area contributed by atoms with E-state index in [1.54, 1.807) is 6.07 Å². The summed E-state index contributed by atoms with van der Waals surface area (Å²) in [6.45, 7) is 1.88. The van der Waals surface area contributed by atoms with Gasteiger partial charge >= 0.3 is 5.97 Å². The van der Waals surface area contributed by atoms with Gasteiger partial charge in [-0.05, 0) is 42.9 Å². The van der Waals surface area contributed by atoms with Crippen molar-refractivity contribution in [1.82, 2.24) is 0 Å². The zero-order valence-electron chi connectivity index (χ0n) is 12.3. The Balaban J connectivity index is 2.32. The van der Waals surface area contributed by atoms with Crippen molar-refractivity contribution < 1.29 is 18.3 Å². The summed E-state index contributed by atoms with van der Waals surface area (Å²) in [5.74, 6) is -0.739. The molecule has 5 heteroatoms. The molecule has 0 unspecified atom stereocenters. The lowest BCUT2D eigenvalue weighted by atomic mass is 9.91. The molecule has 0 aromatic heterocycles. The smallest absolute Gasteiger partial charge is 0.335 e. The Morgan fingerprint density at radius 1 is 1.24 bits per heavy atom. The van der Waals surface area contributed by atoms with Crippen LogP contribution in [0.2, 0.25) is 0 Å². The van der Waals surface area contributed by atoms with E-state index in [-0.39, 0.29) is 22.1 Å². The van der Waals surface area contributed by atoms with Crippen molar-refractivity contribution in [2.24, 2.45) is 5.92 Å². The van der Waals surface area contributed by atoms with Crippen LogP contribution in [0.25, 0.3) is 0 Å². The van der Waals surface area contributed by atoms with Gasteiger partial charge in [0, 0.05) is 0 Å². The van der Waals surface area contributed by atoms with Crippen molar-refractivity contribution in [1.29, 1.82) is 0 Å². The highest BCUT2D eigenvalue weighted by Gasteiger charge is 2.25. The molecule has 0 radical (unpaired) electrons. The molecular weight excluding hydrogens is 288 g/mol. The first-order valence-electron chi connectivity index (χ1n) is 7.53. The summed E-state index contributed by atoms with van der Waals surface area (Å²) in [5, 5.41) is 9.07. The average Bonchev–Trinajstić information content (AvgIpc) is 2.47. The molecule has 0 saturated heterocycles. The van der Waals surface area contributed by atoms with Gasteiger partial charge in [-0.3, -0.25) is 0 Å². The normalized spacial score (nSPS) is 16.8. The molecule has 0 atom stereocenters. The van der Waals surface area contributed by atoms with Crippen LogP contribution < -0.4 is 0 Å². The predicted octanol–water partition coefficient (Wildman–Crippen LogP) is 3.30. The first-order valence-corrected chi connectivity index (χ1v) is 9.18.